The minimum absolute atomic E-state index is 0.0214. The second-order valence-electron chi connectivity index (χ2n) is 3.93. The van der Waals surface area contributed by atoms with Crippen molar-refractivity contribution in [1.29, 1.82) is 0 Å². The lowest BCUT2D eigenvalue weighted by molar-refractivity contribution is -0.136. The van der Waals surface area contributed by atoms with E-state index in [-0.39, 0.29) is 6.42 Å². The van der Waals surface area contributed by atoms with Crippen LogP contribution in [0.2, 0.25) is 0 Å². The van der Waals surface area contributed by atoms with E-state index in [0.29, 0.717) is 0 Å². The first kappa shape index (κ1) is 15.0. The van der Waals surface area contributed by atoms with Crippen LogP contribution in [0.1, 0.15) is 43.5 Å². The number of rotatable bonds is 7. The van der Waals surface area contributed by atoms with Crippen molar-refractivity contribution in [1.82, 2.24) is 9.97 Å². The van der Waals surface area contributed by atoms with Gasteiger partial charge in [-0.2, -0.15) is 11.8 Å². The average molecular weight is 268 g/mol. The third-order valence-corrected chi connectivity index (χ3v) is 3.53. The largest absolute Gasteiger partial charge is 0.481 e. The number of hydrogen-bond acceptors (Lipinski definition) is 4. The molecule has 0 aliphatic heterocycles. The van der Waals surface area contributed by atoms with Crippen molar-refractivity contribution in [3.8, 4) is 0 Å². The molecule has 0 unspecified atom stereocenters. The Hall–Kier alpha value is -1.10. The zero-order chi connectivity index (χ0) is 13.5. The van der Waals surface area contributed by atoms with Gasteiger partial charge in [-0.15, -0.1) is 0 Å². The van der Waals surface area contributed by atoms with E-state index in [9.17, 15) is 4.79 Å². The van der Waals surface area contributed by atoms with E-state index >= 15 is 0 Å². The predicted octanol–water partition coefficient (Wildman–Crippen LogP) is 2.48. The number of hydrogen-bond donors (Lipinski definition) is 1. The molecule has 0 bridgehead atoms. The highest BCUT2D eigenvalue weighted by atomic mass is 32.2. The van der Waals surface area contributed by atoms with E-state index in [2.05, 4.69) is 16.9 Å². The monoisotopic (exact) mass is 268 g/mol. The topological polar surface area (TPSA) is 63.1 Å². The van der Waals surface area contributed by atoms with Gasteiger partial charge in [-0.25, -0.2) is 9.97 Å². The summed E-state index contributed by atoms with van der Waals surface area (Å²) in [5.41, 5.74) is 2.57. The van der Waals surface area contributed by atoms with Gasteiger partial charge in [0.15, 0.2) is 0 Å². The quantitative estimate of drug-likeness (QED) is 0.823. The molecule has 0 amide bonds. The standard InChI is InChI=1S/C13H20N2O2S/c1-4-10-9(7-13(16)17)11(5-2)15-12(14-10)8-18-6-3/h4-8H2,1-3H3,(H,16,17). The van der Waals surface area contributed by atoms with Crippen LogP contribution in [0, 0.1) is 0 Å². The maximum atomic E-state index is 10.9. The highest BCUT2D eigenvalue weighted by molar-refractivity contribution is 7.98. The predicted molar refractivity (Wildman–Crippen MR) is 74.0 cm³/mol. The fraction of sp³-hybridized carbons (Fsp3) is 0.615. The Morgan fingerprint density at radius 1 is 1.17 bits per heavy atom. The van der Waals surface area contributed by atoms with Gasteiger partial charge in [-0.3, -0.25) is 4.79 Å². The van der Waals surface area contributed by atoms with Crippen LogP contribution in [0.4, 0.5) is 0 Å². The van der Waals surface area contributed by atoms with E-state index in [1.165, 1.54) is 0 Å². The molecule has 1 N–H and O–H groups in total. The van der Waals surface area contributed by atoms with Crippen molar-refractivity contribution in [2.45, 2.75) is 45.8 Å². The average Bonchev–Trinajstić information content (AvgIpc) is 2.36. The van der Waals surface area contributed by atoms with Gasteiger partial charge in [0.2, 0.25) is 0 Å². The molecule has 0 saturated heterocycles. The third-order valence-electron chi connectivity index (χ3n) is 2.66. The molecule has 0 saturated carbocycles. The Kier molecular flexibility index (Phi) is 6.12. The van der Waals surface area contributed by atoms with Crippen LogP contribution in [-0.2, 0) is 29.8 Å². The smallest absolute Gasteiger partial charge is 0.307 e. The summed E-state index contributed by atoms with van der Waals surface area (Å²) in [7, 11) is 0. The highest BCUT2D eigenvalue weighted by Crippen LogP contribution is 2.17. The fourth-order valence-electron chi connectivity index (χ4n) is 1.84. The summed E-state index contributed by atoms with van der Waals surface area (Å²) in [5, 5.41) is 8.96. The molecule has 5 heteroatoms. The van der Waals surface area contributed by atoms with Crippen molar-refractivity contribution in [3.05, 3.63) is 22.8 Å². The molecule has 100 valence electrons. The molecular formula is C13H20N2O2S. The number of carboxylic acids is 1. The minimum atomic E-state index is -0.821. The first-order valence-corrected chi connectivity index (χ1v) is 7.44. The first-order chi connectivity index (χ1) is 8.62. The maximum Gasteiger partial charge on any atom is 0.307 e. The molecule has 0 fully saturated rings. The van der Waals surface area contributed by atoms with Gasteiger partial charge in [-0.05, 0) is 18.6 Å². The van der Waals surface area contributed by atoms with E-state index in [1.54, 1.807) is 11.8 Å². The molecule has 0 radical (unpaired) electrons. The van der Waals surface area contributed by atoms with Crippen molar-refractivity contribution in [2.24, 2.45) is 0 Å². The van der Waals surface area contributed by atoms with Crippen LogP contribution in [-0.4, -0.2) is 26.8 Å². The van der Waals surface area contributed by atoms with Crippen LogP contribution in [0.3, 0.4) is 0 Å². The molecule has 1 aromatic heterocycles. The van der Waals surface area contributed by atoms with Gasteiger partial charge in [0.25, 0.3) is 0 Å². The number of nitrogens with zero attached hydrogens (tertiary/aromatic N) is 2. The van der Waals surface area contributed by atoms with Crippen molar-refractivity contribution in [3.63, 3.8) is 0 Å². The SMILES string of the molecule is CCSCc1nc(CC)c(CC(=O)O)c(CC)n1. The van der Waals surface area contributed by atoms with Crippen LogP contribution in [0.5, 0.6) is 0 Å². The Morgan fingerprint density at radius 3 is 2.11 bits per heavy atom. The van der Waals surface area contributed by atoms with E-state index < -0.39 is 5.97 Å². The molecule has 1 aromatic rings. The number of carbonyl (C=O) groups is 1. The molecule has 0 atom stereocenters. The molecule has 4 nitrogen and oxygen atoms in total. The lowest BCUT2D eigenvalue weighted by Gasteiger charge is -2.12. The van der Waals surface area contributed by atoms with Crippen LogP contribution >= 0.6 is 11.8 Å². The third kappa shape index (κ3) is 3.98. The van der Waals surface area contributed by atoms with E-state index in [0.717, 1.165) is 47.1 Å². The summed E-state index contributed by atoms with van der Waals surface area (Å²) < 4.78 is 0. The molecular weight excluding hydrogens is 248 g/mol. The molecule has 1 rings (SSSR count). The van der Waals surface area contributed by atoms with E-state index in [1.807, 2.05) is 13.8 Å². The summed E-state index contributed by atoms with van der Waals surface area (Å²) in [5.74, 6) is 1.83. The number of aromatic nitrogens is 2. The Labute approximate surface area is 112 Å². The maximum absolute atomic E-state index is 10.9. The molecule has 0 aliphatic rings. The van der Waals surface area contributed by atoms with Gasteiger partial charge in [0.05, 0.1) is 12.2 Å². The Bertz CT molecular complexity index is 396. The number of aliphatic carboxylic acids is 1. The molecule has 0 aliphatic carbocycles. The highest BCUT2D eigenvalue weighted by Gasteiger charge is 2.14. The summed E-state index contributed by atoms with van der Waals surface area (Å²) in [6.45, 7) is 6.11. The lowest BCUT2D eigenvalue weighted by atomic mass is 10.0. The zero-order valence-electron chi connectivity index (χ0n) is 11.2. The van der Waals surface area contributed by atoms with Gasteiger partial charge in [-0.1, -0.05) is 20.8 Å². The summed E-state index contributed by atoms with van der Waals surface area (Å²) in [4.78, 5) is 19.9. The van der Waals surface area contributed by atoms with E-state index in [4.69, 9.17) is 5.11 Å². The normalized spacial score (nSPS) is 10.6. The zero-order valence-corrected chi connectivity index (χ0v) is 12.0. The lowest BCUT2D eigenvalue weighted by Crippen LogP contribution is -2.12. The van der Waals surface area contributed by atoms with Crippen LogP contribution < -0.4 is 0 Å². The number of carboxylic acid groups (broad SMARTS) is 1. The van der Waals surface area contributed by atoms with Crippen molar-refractivity contribution in [2.75, 3.05) is 5.75 Å². The molecule has 18 heavy (non-hydrogen) atoms. The Balaban J connectivity index is 3.12. The Morgan fingerprint density at radius 2 is 1.72 bits per heavy atom. The van der Waals surface area contributed by atoms with Crippen LogP contribution in [0.25, 0.3) is 0 Å². The van der Waals surface area contributed by atoms with Gasteiger partial charge in [0.1, 0.15) is 5.82 Å². The summed E-state index contributed by atoms with van der Waals surface area (Å²) in [6, 6.07) is 0. The van der Waals surface area contributed by atoms with Crippen molar-refractivity contribution < 1.29 is 9.90 Å². The first-order valence-electron chi connectivity index (χ1n) is 6.29. The van der Waals surface area contributed by atoms with Gasteiger partial charge >= 0.3 is 5.97 Å². The number of aryl methyl sites for hydroxylation is 2. The van der Waals surface area contributed by atoms with Gasteiger partial charge in [0, 0.05) is 17.0 Å². The second kappa shape index (κ2) is 7.36. The van der Waals surface area contributed by atoms with Crippen LogP contribution in [0.15, 0.2) is 0 Å². The molecule has 0 aromatic carbocycles. The van der Waals surface area contributed by atoms with Crippen molar-refractivity contribution >= 4 is 17.7 Å². The summed E-state index contributed by atoms with van der Waals surface area (Å²) in [6.07, 6.45) is 1.53. The minimum Gasteiger partial charge on any atom is -0.481 e. The number of thioether (sulfide) groups is 1. The summed E-state index contributed by atoms with van der Waals surface area (Å²) >= 11 is 1.78. The molecule has 1 heterocycles. The molecule has 0 spiro atoms. The second-order valence-corrected chi connectivity index (χ2v) is 5.20. The fourth-order valence-corrected chi connectivity index (χ4v) is 2.35. The van der Waals surface area contributed by atoms with Gasteiger partial charge < -0.3 is 5.11 Å².